The molecule has 1 aromatic carbocycles. The van der Waals surface area contributed by atoms with Gasteiger partial charge in [-0.1, -0.05) is 31.4 Å². The van der Waals surface area contributed by atoms with Crippen LogP contribution >= 0.6 is 0 Å². The van der Waals surface area contributed by atoms with Gasteiger partial charge in [0.05, 0.1) is 6.54 Å². The molecule has 0 atom stereocenters. The van der Waals surface area contributed by atoms with E-state index in [9.17, 15) is 9.59 Å². The minimum absolute atomic E-state index is 0.0241. The second kappa shape index (κ2) is 7.90. The Kier molecular flexibility index (Phi) is 5.60. The van der Waals surface area contributed by atoms with Crippen LogP contribution < -0.4 is 5.32 Å². The Morgan fingerprint density at radius 3 is 2.54 bits per heavy atom. The van der Waals surface area contributed by atoms with Crippen molar-refractivity contribution in [2.45, 2.75) is 58.9 Å². The number of anilines is 1. The molecule has 2 aromatic rings. The van der Waals surface area contributed by atoms with Crippen molar-refractivity contribution in [3.05, 3.63) is 52.8 Å². The maximum absolute atomic E-state index is 12.8. The van der Waals surface area contributed by atoms with E-state index in [-0.39, 0.29) is 18.1 Å². The molecule has 4 heteroatoms. The molecule has 0 bridgehead atoms. The second-order valence-corrected chi connectivity index (χ2v) is 7.36. The van der Waals surface area contributed by atoms with Crippen LogP contribution in [-0.4, -0.2) is 22.7 Å². The molecule has 3 rings (SSSR count). The summed E-state index contributed by atoms with van der Waals surface area (Å²) < 4.78 is 2.36. The fourth-order valence-electron chi connectivity index (χ4n) is 4.09. The Hall–Kier alpha value is -2.36. The number of carbonyl (C=O) groups is 2. The summed E-state index contributed by atoms with van der Waals surface area (Å²) in [4.78, 5) is 24.3. The number of nitrogens with zero attached hydrogens (tertiary/aromatic N) is 1. The molecule has 1 fully saturated rings. The third-order valence-electron chi connectivity index (χ3n) is 5.45. The summed E-state index contributed by atoms with van der Waals surface area (Å²) in [6.45, 7) is 5.94. The van der Waals surface area contributed by atoms with E-state index in [0.29, 0.717) is 11.6 Å². The molecule has 0 radical (unpaired) electrons. The summed E-state index contributed by atoms with van der Waals surface area (Å²) in [5, 5.41) is 3.16. The molecule has 4 nitrogen and oxygen atoms in total. The molecule has 1 aliphatic rings. The van der Waals surface area contributed by atoms with Gasteiger partial charge in [0.25, 0.3) is 0 Å². The molecule has 1 saturated carbocycles. The molecule has 0 spiro atoms. The second-order valence-electron chi connectivity index (χ2n) is 7.36. The third-order valence-corrected chi connectivity index (χ3v) is 5.45. The maximum atomic E-state index is 12.8. The van der Waals surface area contributed by atoms with Crippen LogP contribution in [-0.2, 0) is 0 Å². The van der Waals surface area contributed by atoms with E-state index in [1.54, 1.807) is 19.1 Å². The minimum atomic E-state index is 0.0241. The first-order chi connectivity index (χ1) is 12.5. The predicted octanol–water partition coefficient (Wildman–Crippen LogP) is 5.11. The fourth-order valence-corrected chi connectivity index (χ4v) is 4.09. The Morgan fingerprint density at radius 1 is 1.12 bits per heavy atom. The smallest absolute Gasteiger partial charge is 0.183 e. The summed E-state index contributed by atoms with van der Waals surface area (Å²) in [5.41, 5.74) is 4.52. The van der Waals surface area contributed by atoms with E-state index >= 15 is 0 Å². The summed E-state index contributed by atoms with van der Waals surface area (Å²) in [6, 6.07) is 9.85. The highest BCUT2D eigenvalue weighted by Gasteiger charge is 2.22. The van der Waals surface area contributed by atoms with Gasteiger partial charge in [0.15, 0.2) is 11.6 Å². The van der Waals surface area contributed by atoms with Crippen molar-refractivity contribution < 1.29 is 9.59 Å². The van der Waals surface area contributed by atoms with Crippen LogP contribution in [0.5, 0.6) is 0 Å². The summed E-state index contributed by atoms with van der Waals surface area (Å²) in [5.74, 6) is 0.115. The van der Waals surface area contributed by atoms with Crippen LogP contribution in [0.15, 0.2) is 30.3 Å². The lowest BCUT2D eigenvalue weighted by Gasteiger charge is -2.26. The fraction of sp³-hybridized carbons (Fsp3) is 0.455. The first-order valence-corrected chi connectivity index (χ1v) is 9.54. The van der Waals surface area contributed by atoms with Crippen LogP contribution in [0.3, 0.4) is 0 Å². The first-order valence-electron chi connectivity index (χ1n) is 9.54. The molecule has 0 saturated heterocycles. The number of carbonyl (C=O) groups excluding carboxylic acids is 2. The van der Waals surface area contributed by atoms with Gasteiger partial charge in [-0.3, -0.25) is 9.59 Å². The number of nitrogens with one attached hydrogen (secondary N) is 1. The SMILES string of the molecule is CC(=O)c1cccc(NCC(=O)c2cc(C)n(C3CCCCC3)c2C)c1. The molecule has 0 amide bonds. The zero-order chi connectivity index (χ0) is 18.7. The van der Waals surface area contributed by atoms with Gasteiger partial charge in [-0.15, -0.1) is 0 Å². The van der Waals surface area contributed by atoms with E-state index in [1.165, 1.54) is 37.8 Å². The van der Waals surface area contributed by atoms with Crippen LogP contribution in [0.25, 0.3) is 0 Å². The molecular formula is C22H28N2O2. The number of aryl methyl sites for hydroxylation is 1. The lowest BCUT2D eigenvalue weighted by molar-refractivity contribution is 0.100. The van der Waals surface area contributed by atoms with E-state index in [2.05, 4.69) is 23.7 Å². The van der Waals surface area contributed by atoms with E-state index < -0.39 is 0 Å². The van der Waals surface area contributed by atoms with E-state index in [1.807, 2.05) is 18.2 Å². The quantitative estimate of drug-likeness (QED) is 0.735. The van der Waals surface area contributed by atoms with Crippen molar-refractivity contribution in [2.75, 3.05) is 11.9 Å². The molecule has 1 aliphatic carbocycles. The van der Waals surface area contributed by atoms with Crippen molar-refractivity contribution in [2.24, 2.45) is 0 Å². The third kappa shape index (κ3) is 3.90. The Labute approximate surface area is 155 Å². The maximum Gasteiger partial charge on any atom is 0.183 e. The normalized spacial score (nSPS) is 15.0. The van der Waals surface area contributed by atoms with Crippen molar-refractivity contribution in [3.63, 3.8) is 0 Å². The van der Waals surface area contributed by atoms with Crippen LogP contribution in [0.1, 0.15) is 77.2 Å². The largest absolute Gasteiger partial charge is 0.378 e. The Morgan fingerprint density at radius 2 is 1.85 bits per heavy atom. The topological polar surface area (TPSA) is 51.1 Å². The molecule has 1 N–H and O–H groups in total. The van der Waals surface area contributed by atoms with E-state index in [0.717, 1.165) is 16.9 Å². The lowest BCUT2D eigenvalue weighted by Crippen LogP contribution is -2.18. The monoisotopic (exact) mass is 352 g/mol. The van der Waals surface area contributed by atoms with Gasteiger partial charge in [0, 0.05) is 34.2 Å². The van der Waals surface area contributed by atoms with Crippen molar-refractivity contribution in [3.8, 4) is 0 Å². The van der Waals surface area contributed by atoms with Crippen LogP contribution in [0.2, 0.25) is 0 Å². The highest BCUT2D eigenvalue weighted by atomic mass is 16.1. The number of Topliss-reactive ketones (excluding diaryl/α,β-unsaturated/α-hetero) is 2. The van der Waals surface area contributed by atoms with Crippen LogP contribution in [0.4, 0.5) is 5.69 Å². The van der Waals surface area contributed by atoms with Crippen LogP contribution in [0, 0.1) is 13.8 Å². The van der Waals surface area contributed by atoms with Gasteiger partial charge in [0.2, 0.25) is 0 Å². The number of hydrogen-bond donors (Lipinski definition) is 1. The van der Waals surface area contributed by atoms with Gasteiger partial charge >= 0.3 is 0 Å². The number of ketones is 2. The summed E-state index contributed by atoms with van der Waals surface area (Å²) in [6.07, 6.45) is 6.29. The molecule has 1 aromatic heterocycles. The van der Waals surface area contributed by atoms with Gasteiger partial charge < -0.3 is 9.88 Å². The number of hydrogen-bond acceptors (Lipinski definition) is 3. The number of benzene rings is 1. The molecule has 138 valence electrons. The average molecular weight is 352 g/mol. The highest BCUT2D eigenvalue weighted by Crippen LogP contribution is 2.32. The molecule has 0 unspecified atom stereocenters. The zero-order valence-electron chi connectivity index (χ0n) is 16.0. The first kappa shape index (κ1) is 18.4. The summed E-state index contributed by atoms with van der Waals surface area (Å²) in [7, 11) is 0. The molecule has 0 aliphatic heterocycles. The van der Waals surface area contributed by atoms with Gasteiger partial charge in [0.1, 0.15) is 0 Å². The molecular weight excluding hydrogens is 324 g/mol. The van der Waals surface area contributed by atoms with Crippen molar-refractivity contribution >= 4 is 17.3 Å². The van der Waals surface area contributed by atoms with Gasteiger partial charge in [-0.2, -0.15) is 0 Å². The standard InChI is InChI=1S/C22H28N2O2/c1-15-12-21(16(2)24(15)20-10-5-4-6-11-20)22(26)14-23-19-9-7-8-18(13-19)17(3)25/h7-9,12-13,20,23H,4-6,10-11,14H2,1-3H3. The number of rotatable bonds is 6. The zero-order valence-corrected chi connectivity index (χ0v) is 16.0. The number of aromatic nitrogens is 1. The highest BCUT2D eigenvalue weighted by molar-refractivity contribution is 6.00. The predicted molar refractivity (Wildman–Crippen MR) is 105 cm³/mol. The van der Waals surface area contributed by atoms with Gasteiger partial charge in [-0.25, -0.2) is 0 Å². The molecule has 26 heavy (non-hydrogen) atoms. The Bertz CT molecular complexity index is 814. The van der Waals surface area contributed by atoms with Crippen molar-refractivity contribution in [1.29, 1.82) is 0 Å². The average Bonchev–Trinajstić information content (AvgIpc) is 2.95. The summed E-state index contributed by atoms with van der Waals surface area (Å²) >= 11 is 0. The minimum Gasteiger partial charge on any atom is -0.378 e. The Balaban J connectivity index is 1.72. The molecule has 1 heterocycles. The van der Waals surface area contributed by atoms with E-state index in [4.69, 9.17) is 0 Å². The van der Waals surface area contributed by atoms with Gasteiger partial charge in [-0.05, 0) is 51.8 Å². The van der Waals surface area contributed by atoms with Crippen molar-refractivity contribution in [1.82, 2.24) is 4.57 Å². The lowest BCUT2D eigenvalue weighted by atomic mass is 9.95.